The minimum absolute atomic E-state index is 0.0322. The molecule has 1 N–H and O–H groups in total. The standard InChI is InChI=1S/C18H23N3O3/c1-20-12-16(22)21(17(20)23)14-6-4-5-13(11-14)19-15-7-10-24-18(15)8-2-3-9-18/h4-6,11,15,19H,2-3,7-10,12H2,1H3. The van der Waals surface area contributed by atoms with Crippen LogP contribution < -0.4 is 10.2 Å². The van der Waals surface area contributed by atoms with E-state index in [1.165, 1.54) is 22.6 Å². The number of amides is 3. The number of anilines is 2. The average Bonchev–Trinajstić information content (AvgIpc) is 3.24. The Hall–Kier alpha value is -2.08. The highest BCUT2D eigenvalue weighted by Crippen LogP contribution is 2.42. The number of nitrogens with zero attached hydrogens (tertiary/aromatic N) is 2. The number of urea groups is 1. The van der Waals surface area contributed by atoms with Crippen LogP contribution >= 0.6 is 0 Å². The fraction of sp³-hybridized carbons (Fsp3) is 0.556. The summed E-state index contributed by atoms with van der Waals surface area (Å²) in [4.78, 5) is 26.9. The number of imide groups is 1. The predicted molar refractivity (Wildman–Crippen MR) is 91.1 cm³/mol. The number of ether oxygens (including phenoxy) is 1. The molecule has 3 aliphatic rings. The predicted octanol–water partition coefficient (Wildman–Crippen LogP) is 2.60. The fourth-order valence-corrected chi connectivity index (χ4v) is 4.22. The molecular weight excluding hydrogens is 306 g/mol. The van der Waals surface area contributed by atoms with Crippen LogP contribution in [0.5, 0.6) is 0 Å². The Kier molecular flexibility index (Phi) is 3.72. The fourth-order valence-electron chi connectivity index (χ4n) is 4.22. The molecule has 1 aromatic carbocycles. The van der Waals surface area contributed by atoms with Crippen LogP contribution in [-0.2, 0) is 9.53 Å². The molecule has 1 unspecified atom stereocenters. The van der Waals surface area contributed by atoms with Gasteiger partial charge in [0.05, 0.1) is 17.3 Å². The van der Waals surface area contributed by atoms with Gasteiger partial charge in [-0.25, -0.2) is 9.69 Å². The lowest BCUT2D eigenvalue weighted by molar-refractivity contribution is -0.116. The van der Waals surface area contributed by atoms with Gasteiger partial charge in [-0.15, -0.1) is 0 Å². The quantitative estimate of drug-likeness (QED) is 0.866. The van der Waals surface area contributed by atoms with Gasteiger partial charge in [-0.1, -0.05) is 18.9 Å². The van der Waals surface area contributed by atoms with Crippen molar-refractivity contribution in [2.24, 2.45) is 0 Å². The monoisotopic (exact) mass is 329 g/mol. The molecule has 1 spiro atoms. The Bertz CT molecular complexity index is 664. The second-order valence-corrected chi connectivity index (χ2v) is 7.02. The number of nitrogens with one attached hydrogen (secondary N) is 1. The van der Waals surface area contributed by atoms with E-state index in [0.29, 0.717) is 11.7 Å². The molecule has 3 amide bonds. The molecule has 2 saturated heterocycles. The van der Waals surface area contributed by atoms with Crippen molar-refractivity contribution in [1.29, 1.82) is 0 Å². The van der Waals surface area contributed by atoms with Crippen LogP contribution in [-0.4, -0.2) is 48.7 Å². The van der Waals surface area contributed by atoms with E-state index in [9.17, 15) is 9.59 Å². The summed E-state index contributed by atoms with van der Waals surface area (Å²) in [6.07, 6.45) is 5.66. The highest BCUT2D eigenvalue weighted by atomic mass is 16.5. The van der Waals surface area contributed by atoms with Crippen molar-refractivity contribution in [3.8, 4) is 0 Å². The van der Waals surface area contributed by atoms with Crippen LogP contribution in [0.1, 0.15) is 32.1 Å². The van der Waals surface area contributed by atoms with Gasteiger partial charge in [0.1, 0.15) is 6.54 Å². The van der Waals surface area contributed by atoms with Crippen molar-refractivity contribution in [1.82, 2.24) is 4.90 Å². The SMILES string of the molecule is CN1CC(=O)N(c2cccc(NC3CCOC34CCCC4)c2)C1=O. The van der Waals surface area contributed by atoms with Crippen molar-refractivity contribution < 1.29 is 14.3 Å². The van der Waals surface area contributed by atoms with Gasteiger partial charge < -0.3 is 15.0 Å². The summed E-state index contributed by atoms with van der Waals surface area (Å²) in [5.74, 6) is -0.184. The summed E-state index contributed by atoms with van der Waals surface area (Å²) < 4.78 is 6.08. The average molecular weight is 329 g/mol. The zero-order valence-corrected chi connectivity index (χ0v) is 14.0. The van der Waals surface area contributed by atoms with Gasteiger partial charge in [0.2, 0.25) is 0 Å². The van der Waals surface area contributed by atoms with Gasteiger partial charge in [0.25, 0.3) is 5.91 Å². The lowest BCUT2D eigenvalue weighted by Gasteiger charge is -2.31. The van der Waals surface area contributed by atoms with Crippen molar-refractivity contribution in [3.05, 3.63) is 24.3 Å². The number of hydrogen-bond acceptors (Lipinski definition) is 4. The van der Waals surface area contributed by atoms with E-state index < -0.39 is 0 Å². The maximum absolute atomic E-state index is 12.2. The summed E-state index contributed by atoms with van der Waals surface area (Å²) in [6, 6.07) is 7.58. The summed E-state index contributed by atoms with van der Waals surface area (Å²) in [5, 5.41) is 3.59. The molecule has 3 fully saturated rings. The Morgan fingerprint density at radius 3 is 2.75 bits per heavy atom. The van der Waals surface area contributed by atoms with Crippen molar-refractivity contribution in [3.63, 3.8) is 0 Å². The first-order chi connectivity index (χ1) is 11.6. The topological polar surface area (TPSA) is 61.9 Å². The minimum atomic E-state index is -0.270. The second-order valence-electron chi connectivity index (χ2n) is 7.02. The van der Waals surface area contributed by atoms with Crippen LogP contribution in [0.4, 0.5) is 16.2 Å². The normalized spacial score (nSPS) is 26.0. The van der Waals surface area contributed by atoms with Gasteiger partial charge in [-0.2, -0.15) is 0 Å². The van der Waals surface area contributed by atoms with E-state index in [1.807, 2.05) is 18.2 Å². The van der Waals surface area contributed by atoms with Gasteiger partial charge in [-0.05, 0) is 37.5 Å². The van der Waals surface area contributed by atoms with Gasteiger partial charge >= 0.3 is 6.03 Å². The third-order valence-electron chi connectivity index (χ3n) is 5.47. The van der Waals surface area contributed by atoms with Crippen molar-refractivity contribution >= 4 is 23.3 Å². The Morgan fingerprint density at radius 2 is 2.04 bits per heavy atom. The zero-order valence-electron chi connectivity index (χ0n) is 14.0. The summed E-state index contributed by atoms with van der Waals surface area (Å²) in [5.41, 5.74) is 1.53. The molecule has 1 aromatic rings. The molecule has 2 heterocycles. The van der Waals surface area contributed by atoms with Crippen LogP contribution in [0, 0.1) is 0 Å². The lowest BCUT2D eigenvalue weighted by Crippen LogP contribution is -2.41. The number of carbonyl (C=O) groups excluding carboxylic acids is 2. The Morgan fingerprint density at radius 1 is 1.25 bits per heavy atom. The molecule has 0 aromatic heterocycles. The Labute approximate surface area is 141 Å². The maximum atomic E-state index is 12.2. The largest absolute Gasteiger partial charge is 0.379 e. The molecule has 1 aliphatic carbocycles. The van der Waals surface area contributed by atoms with Gasteiger partial charge in [0, 0.05) is 19.3 Å². The first-order valence-corrected chi connectivity index (χ1v) is 8.68. The molecule has 128 valence electrons. The molecule has 1 saturated carbocycles. The third kappa shape index (κ3) is 2.45. The van der Waals surface area contributed by atoms with Crippen LogP contribution in [0.3, 0.4) is 0 Å². The second kappa shape index (κ2) is 5.77. The maximum Gasteiger partial charge on any atom is 0.331 e. The van der Waals surface area contributed by atoms with Crippen molar-refractivity contribution in [2.45, 2.75) is 43.7 Å². The first kappa shape index (κ1) is 15.4. The van der Waals surface area contributed by atoms with Crippen LogP contribution in [0.2, 0.25) is 0 Å². The van der Waals surface area contributed by atoms with E-state index in [0.717, 1.165) is 31.6 Å². The number of rotatable bonds is 3. The van der Waals surface area contributed by atoms with Gasteiger partial charge in [-0.3, -0.25) is 4.79 Å². The minimum Gasteiger partial charge on any atom is -0.379 e. The van der Waals surface area contributed by atoms with E-state index >= 15 is 0 Å². The molecule has 6 nitrogen and oxygen atoms in total. The molecule has 1 atom stereocenters. The molecule has 6 heteroatoms. The smallest absolute Gasteiger partial charge is 0.331 e. The zero-order chi connectivity index (χ0) is 16.7. The summed E-state index contributed by atoms with van der Waals surface area (Å²) in [6.45, 7) is 0.932. The van der Waals surface area contributed by atoms with E-state index in [2.05, 4.69) is 5.32 Å². The van der Waals surface area contributed by atoms with Crippen LogP contribution in [0.15, 0.2) is 24.3 Å². The summed E-state index contributed by atoms with van der Waals surface area (Å²) in [7, 11) is 1.64. The highest BCUT2D eigenvalue weighted by molar-refractivity contribution is 6.19. The number of carbonyl (C=O) groups is 2. The molecule has 0 radical (unpaired) electrons. The first-order valence-electron chi connectivity index (χ1n) is 8.68. The molecule has 4 rings (SSSR count). The van der Waals surface area contributed by atoms with Crippen molar-refractivity contribution in [2.75, 3.05) is 30.4 Å². The van der Waals surface area contributed by atoms with Crippen LogP contribution in [0.25, 0.3) is 0 Å². The number of hydrogen-bond donors (Lipinski definition) is 1. The van der Waals surface area contributed by atoms with E-state index in [4.69, 9.17) is 4.74 Å². The molecule has 0 bridgehead atoms. The van der Waals surface area contributed by atoms with E-state index in [-0.39, 0.29) is 24.1 Å². The lowest BCUT2D eigenvalue weighted by atomic mass is 9.92. The molecular formula is C18H23N3O3. The summed E-state index contributed by atoms with van der Waals surface area (Å²) >= 11 is 0. The highest BCUT2D eigenvalue weighted by Gasteiger charge is 2.46. The molecule has 24 heavy (non-hydrogen) atoms. The number of likely N-dealkylation sites (N-methyl/N-ethyl adjacent to an activating group) is 1. The third-order valence-corrected chi connectivity index (χ3v) is 5.47. The Balaban J connectivity index is 1.55. The number of benzene rings is 1. The van der Waals surface area contributed by atoms with Gasteiger partial charge in [0.15, 0.2) is 0 Å². The van der Waals surface area contributed by atoms with E-state index in [1.54, 1.807) is 13.1 Å². The molecule has 2 aliphatic heterocycles.